The van der Waals surface area contributed by atoms with Crippen LogP contribution in [-0.4, -0.2) is 6.54 Å². The molecule has 1 atom stereocenters. The lowest BCUT2D eigenvalue weighted by atomic mass is 9.98. The Hall–Kier alpha value is -1.31. The molecule has 2 rings (SSSR count). The number of benzene rings is 2. The van der Waals surface area contributed by atoms with E-state index in [9.17, 15) is 0 Å². The van der Waals surface area contributed by atoms with E-state index in [2.05, 4.69) is 60.8 Å². The Balaban J connectivity index is 2.08. The van der Waals surface area contributed by atoms with E-state index in [1.807, 2.05) is 6.92 Å². The van der Waals surface area contributed by atoms with Crippen molar-refractivity contribution in [2.24, 2.45) is 0 Å². The highest BCUT2D eigenvalue weighted by Crippen LogP contribution is 2.24. The molecule has 0 aliphatic rings. The summed E-state index contributed by atoms with van der Waals surface area (Å²) < 4.78 is 0. The third-order valence-corrected chi connectivity index (χ3v) is 4.21. The standard InChI is InChI=1S/C19H24ClN/c1-3-13-21-19(12-10-16-7-5-4-6-8-16)17-11-9-15(2)18(20)14-17/h4-9,11,14,19,21H,3,10,12-13H2,1-2H3. The molecule has 2 aromatic rings. The molecule has 0 aliphatic carbocycles. The normalized spacial score (nSPS) is 12.3. The minimum Gasteiger partial charge on any atom is -0.310 e. The van der Waals surface area contributed by atoms with Gasteiger partial charge in [0.15, 0.2) is 0 Å². The summed E-state index contributed by atoms with van der Waals surface area (Å²) in [5.41, 5.74) is 3.81. The highest BCUT2D eigenvalue weighted by Gasteiger charge is 2.12. The molecule has 2 aromatic carbocycles. The lowest BCUT2D eigenvalue weighted by Gasteiger charge is -2.20. The number of aryl methyl sites for hydroxylation is 2. The van der Waals surface area contributed by atoms with Crippen molar-refractivity contribution in [3.05, 3.63) is 70.2 Å². The second-order valence-corrected chi connectivity index (χ2v) is 5.95. The first-order chi connectivity index (χ1) is 10.2. The van der Waals surface area contributed by atoms with E-state index in [0.717, 1.165) is 36.4 Å². The first kappa shape index (κ1) is 16.1. The molecule has 0 aromatic heterocycles. The van der Waals surface area contributed by atoms with Gasteiger partial charge in [-0.25, -0.2) is 0 Å². The molecule has 0 fully saturated rings. The maximum absolute atomic E-state index is 6.28. The lowest BCUT2D eigenvalue weighted by molar-refractivity contribution is 0.499. The smallest absolute Gasteiger partial charge is 0.0438 e. The predicted octanol–water partition coefficient (Wildman–Crippen LogP) is 5.32. The van der Waals surface area contributed by atoms with E-state index in [0.29, 0.717) is 6.04 Å². The van der Waals surface area contributed by atoms with Crippen molar-refractivity contribution in [3.63, 3.8) is 0 Å². The van der Waals surface area contributed by atoms with Crippen LogP contribution in [0.1, 0.15) is 42.5 Å². The Morgan fingerprint density at radius 3 is 2.52 bits per heavy atom. The molecule has 0 saturated heterocycles. The van der Waals surface area contributed by atoms with Crippen molar-refractivity contribution in [3.8, 4) is 0 Å². The average molecular weight is 302 g/mol. The van der Waals surface area contributed by atoms with Crippen LogP contribution in [0.2, 0.25) is 5.02 Å². The van der Waals surface area contributed by atoms with Crippen molar-refractivity contribution in [1.29, 1.82) is 0 Å². The van der Waals surface area contributed by atoms with Gasteiger partial charge in [0.1, 0.15) is 0 Å². The van der Waals surface area contributed by atoms with E-state index in [1.165, 1.54) is 11.1 Å². The third kappa shape index (κ3) is 4.87. The molecule has 0 amide bonds. The van der Waals surface area contributed by atoms with Gasteiger partial charge in [0.25, 0.3) is 0 Å². The van der Waals surface area contributed by atoms with Crippen molar-refractivity contribution >= 4 is 11.6 Å². The lowest BCUT2D eigenvalue weighted by Crippen LogP contribution is -2.22. The van der Waals surface area contributed by atoms with E-state index in [-0.39, 0.29) is 0 Å². The Morgan fingerprint density at radius 1 is 1.10 bits per heavy atom. The van der Waals surface area contributed by atoms with Crippen LogP contribution in [0.4, 0.5) is 0 Å². The molecule has 112 valence electrons. The van der Waals surface area contributed by atoms with Crippen LogP contribution >= 0.6 is 11.6 Å². The molecule has 0 radical (unpaired) electrons. The maximum atomic E-state index is 6.28. The highest BCUT2D eigenvalue weighted by atomic mass is 35.5. The van der Waals surface area contributed by atoms with E-state index in [1.54, 1.807) is 0 Å². The summed E-state index contributed by atoms with van der Waals surface area (Å²) in [4.78, 5) is 0. The largest absolute Gasteiger partial charge is 0.310 e. The van der Waals surface area contributed by atoms with E-state index >= 15 is 0 Å². The molecule has 2 heteroatoms. The van der Waals surface area contributed by atoms with Gasteiger partial charge in [-0.15, -0.1) is 0 Å². The van der Waals surface area contributed by atoms with Crippen molar-refractivity contribution < 1.29 is 0 Å². The van der Waals surface area contributed by atoms with Crippen LogP contribution in [0.25, 0.3) is 0 Å². The quantitative estimate of drug-likeness (QED) is 0.729. The third-order valence-electron chi connectivity index (χ3n) is 3.80. The van der Waals surface area contributed by atoms with Crippen LogP contribution in [0, 0.1) is 6.92 Å². The molecule has 0 spiro atoms. The summed E-state index contributed by atoms with van der Waals surface area (Å²) in [5.74, 6) is 0. The molecule has 1 N–H and O–H groups in total. The summed E-state index contributed by atoms with van der Waals surface area (Å²) in [5, 5.41) is 4.50. The molecule has 0 bridgehead atoms. The van der Waals surface area contributed by atoms with Crippen LogP contribution in [-0.2, 0) is 6.42 Å². The van der Waals surface area contributed by atoms with Gasteiger partial charge < -0.3 is 5.32 Å². The van der Waals surface area contributed by atoms with Gasteiger partial charge in [-0.3, -0.25) is 0 Å². The van der Waals surface area contributed by atoms with Gasteiger partial charge in [0.05, 0.1) is 0 Å². The average Bonchev–Trinajstić information content (AvgIpc) is 2.51. The Morgan fingerprint density at radius 2 is 1.86 bits per heavy atom. The van der Waals surface area contributed by atoms with Crippen LogP contribution < -0.4 is 5.32 Å². The fourth-order valence-electron chi connectivity index (χ4n) is 2.49. The zero-order chi connectivity index (χ0) is 15.1. The minimum absolute atomic E-state index is 0.364. The van der Waals surface area contributed by atoms with Gasteiger partial charge in [0, 0.05) is 11.1 Å². The summed E-state index contributed by atoms with van der Waals surface area (Å²) >= 11 is 6.28. The number of hydrogen-bond acceptors (Lipinski definition) is 1. The molecule has 1 nitrogen and oxygen atoms in total. The molecule has 0 heterocycles. The topological polar surface area (TPSA) is 12.0 Å². The molecular weight excluding hydrogens is 278 g/mol. The number of hydrogen-bond donors (Lipinski definition) is 1. The second kappa shape index (κ2) is 8.21. The number of nitrogens with one attached hydrogen (secondary N) is 1. The first-order valence-corrected chi connectivity index (χ1v) is 8.12. The summed E-state index contributed by atoms with van der Waals surface area (Å²) in [7, 11) is 0. The van der Waals surface area contributed by atoms with Crippen LogP contribution in [0.3, 0.4) is 0 Å². The zero-order valence-corrected chi connectivity index (χ0v) is 13.7. The predicted molar refractivity (Wildman–Crippen MR) is 92.0 cm³/mol. The summed E-state index contributed by atoms with van der Waals surface area (Å²) in [6.45, 7) is 5.28. The Labute approximate surface area is 133 Å². The van der Waals surface area contributed by atoms with Gasteiger partial charge >= 0.3 is 0 Å². The minimum atomic E-state index is 0.364. The highest BCUT2D eigenvalue weighted by molar-refractivity contribution is 6.31. The fourth-order valence-corrected chi connectivity index (χ4v) is 2.68. The number of halogens is 1. The molecule has 0 saturated carbocycles. The molecule has 21 heavy (non-hydrogen) atoms. The van der Waals surface area contributed by atoms with E-state index < -0.39 is 0 Å². The van der Waals surface area contributed by atoms with Crippen LogP contribution in [0.5, 0.6) is 0 Å². The fraction of sp³-hybridized carbons (Fsp3) is 0.368. The number of rotatable bonds is 7. The van der Waals surface area contributed by atoms with Gasteiger partial charge in [-0.2, -0.15) is 0 Å². The molecule has 0 aliphatic heterocycles. The van der Waals surface area contributed by atoms with Crippen molar-refractivity contribution in [2.45, 2.75) is 39.2 Å². The second-order valence-electron chi connectivity index (χ2n) is 5.54. The zero-order valence-electron chi connectivity index (χ0n) is 12.9. The maximum Gasteiger partial charge on any atom is 0.0438 e. The Kier molecular flexibility index (Phi) is 6.28. The van der Waals surface area contributed by atoms with Crippen LogP contribution in [0.15, 0.2) is 48.5 Å². The van der Waals surface area contributed by atoms with E-state index in [4.69, 9.17) is 11.6 Å². The molecular formula is C19H24ClN. The summed E-state index contributed by atoms with van der Waals surface area (Å²) in [6, 6.07) is 17.4. The van der Waals surface area contributed by atoms with Gasteiger partial charge in [-0.05, 0) is 55.5 Å². The SMILES string of the molecule is CCCNC(CCc1ccccc1)c1ccc(C)c(Cl)c1. The van der Waals surface area contributed by atoms with Gasteiger partial charge in [-0.1, -0.05) is 61.0 Å². The summed E-state index contributed by atoms with van der Waals surface area (Å²) in [6.07, 6.45) is 3.30. The van der Waals surface area contributed by atoms with Crippen molar-refractivity contribution in [1.82, 2.24) is 5.32 Å². The Bertz CT molecular complexity index is 551. The molecule has 1 unspecified atom stereocenters. The van der Waals surface area contributed by atoms with Gasteiger partial charge in [0.2, 0.25) is 0 Å². The monoisotopic (exact) mass is 301 g/mol. The first-order valence-electron chi connectivity index (χ1n) is 7.74. The van der Waals surface area contributed by atoms with Crippen molar-refractivity contribution in [2.75, 3.05) is 6.54 Å².